The second kappa shape index (κ2) is 10.3. The molecule has 2 aromatic carbocycles. The molecule has 1 heterocycles. The predicted octanol–water partition coefficient (Wildman–Crippen LogP) is 4.28. The van der Waals surface area contributed by atoms with Gasteiger partial charge in [0.05, 0.1) is 23.4 Å². The van der Waals surface area contributed by atoms with E-state index in [9.17, 15) is 19.7 Å². The molecule has 9 nitrogen and oxygen atoms in total. The van der Waals surface area contributed by atoms with E-state index in [1.54, 1.807) is 4.90 Å². The zero-order valence-electron chi connectivity index (χ0n) is 18.0. The summed E-state index contributed by atoms with van der Waals surface area (Å²) in [6.45, 7) is 4.42. The molecule has 0 aromatic heterocycles. The molecule has 1 N–H and O–H groups in total. The number of carbonyl (C=O) groups excluding carboxylic acids is 2. The number of anilines is 1. The number of methoxy groups -OCH3 is 1. The van der Waals surface area contributed by atoms with Crippen LogP contribution < -0.4 is 10.1 Å². The van der Waals surface area contributed by atoms with Crippen molar-refractivity contribution in [3.05, 3.63) is 58.1 Å². The number of carbonyl (C=O) groups is 2. The van der Waals surface area contributed by atoms with Crippen LogP contribution in [0.15, 0.2) is 47.5 Å². The lowest BCUT2D eigenvalue weighted by atomic mass is 10.2. The number of aryl methyl sites for hydroxylation is 1. The minimum atomic E-state index is -0.631. The molecule has 168 valence electrons. The van der Waals surface area contributed by atoms with Crippen LogP contribution in [0.4, 0.5) is 17.1 Å². The number of non-ortho nitro benzene ring substituents is 1. The zero-order chi connectivity index (χ0) is 23.3. The van der Waals surface area contributed by atoms with E-state index in [-0.39, 0.29) is 23.7 Å². The Morgan fingerprint density at radius 2 is 2.06 bits per heavy atom. The summed E-state index contributed by atoms with van der Waals surface area (Å²) in [5, 5.41) is 13.6. The fourth-order valence-corrected chi connectivity index (χ4v) is 4.40. The molecule has 0 radical (unpaired) electrons. The number of nitro groups is 1. The van der Waals surface area contributed by atoms with Crippen molar-refractivity contribution in [3.8, 4) is 5.75 Å². The van der Waals surface area contributed by atoms with Gasteiger partial charge in [0.1, 0.15) is 11.0 Å². The van der Waals surface area contributed by atoms with E-state index < -0.39 is 16.1 Å². The van der Waals surface area contributed by atoms with Crippen LogP contribution in [-0.2, 0) is 9.59 Å². The molecule has 10 heteroatoms. The number of thioether (sulfide) groups is 1. The Kier molecular flexibility index (Phi) is 7.47. The third kappa shape index (κ3) is 5.25. The van der Waals surface area contributed by atoms with Crippen LogP contribution in [0.2, 0.25) is 0 Å². The first-order valence-corrected chi connectivity index (χ1v) is 11.0. The summed E-state index contributed by atoms with van der Waals surface area (Å²) in [5.74, 6) is -0.322. The third-order valence-electron chi connectivity index (χ3n) is 4.84. The number of nitrogens with one attached hydrogen (secondary N) is 1. The Hall–Kier alpha value is -3.40. The summed E-state index contributed by atoms with van der Waals surface area (Å²) < 4.78 is 5.18. The van der Waals surface area contributed by atoms with E-state index in [0.29, 0.717) is 17.5 Å². The summed E-state index contributed by atoms with van der Waals surface area (Å²) in [5.41, 5.74) is 1.77. The summed E-state index contributed by atoms with van der Waals surface area (Å²) in [7, 11) is 1.41. The number of nitrogens with zero attached hydrogens (tertiary/aromatic N) is 3. The second-order valence-electron chi connectivity index (χ2n) is 7.17. The summed E-state index contributed by atoms with van der Waals surface area (Å²) in [4.78, 5) is 42.4. The van der Waals surface area contributed by atoms with Crippen molar-refractivity contribution >= 4 is 45.8 Å². The van der Waals surface area contributed by atoms with E-state index in [2.05, 4.69) is 10.3 Å². The van der Waals surface area contributed by atoms with Gasteiger partial charge in [-0.15, -0.1) is 0 Å². The van der Waals surface area contributed by atoms with Crippen LogP contribution in [0.25, 0.3) is 0 Å². The lowest BCUT2D eigenvalue weighted by molar-refractivity contribution is -0.384. The van der Waals surface area contributed by atoms with Crippen LogP contribution in [0.5, 0.6) is 5.75 Å². The molecule has 0 unspecified atom stereocenters. The standard InChI is InChI=1S/C22H24N4O5S/c1-4-11-25-21(28)19(32-22(25)24-16-8-6-5-7-14(16)2)13-20(27)23-17-12-15(26(29)30)9-10-18(17)31-3/h5-10,12,19H,4,11,13H2,1-3H3,(H,23,27)/t19-/m0/s1. The predicted molar refractivity (Wildman–Crippen MR) is 125 cm³/mol. The fraction of sp³-hybridized carbons (Fsp3) is 0.318. The van der Waals surface area contributed by atoms with Crippen molar-refractivity contribution in [2.75, 3.05) is 19.0 Å². The molecular formula is C22H24N4O5S. The maximum absolute atomic E-state index is 13.0. The normalized spacial score (nSPS) is 17.0. The van der Waals surface area contributed by atoms with Gasteiger partial charge in [-0.25, -0.2) is 4.99 Å². The number of ether oxygens (including phenoxy) is 1. The van der Waals surface area contributed by atoms with Gasteiger partial charge in [0.15, 0.2) is 5.17 Å². The van der Waals surface area contributed by atoms with Crippen molar-refractivity contribution in [3.63, 3.8) is 0 Å². The molecule has 0 spiro atoms. The average Bonchev–Trinajstić information content (AvgIpc) is 3.04. The number of aliphatic imine (C=N–C) groups is 1. The van der Waals surface area contributed by atoms with E-state index in [1.165, 1.54) is 37.1 Å². The topological polar surface area (TPSA) is 114 Å². The lowest BCUT2D eigenvalue weighted by Gasteiger charge is -2.15. The van der Waals surface area contributed by atoms with Gasteiger partial charge in [-0.1, -0.05) is 36.9 Å². The molecule has 2 amide bonds. The number of amidine groups is 1. The van der Waals surface area contributed by atoms with Crippen molar-refractivity contribution < 1.29 is 19.2 Å². The quantitative estimate of drug-likeness (QED) is 0.468. The number of nitro benzene ring substituents is 1. The summed E-state index contributed by atoms with van der Waals surface area (Å²) in [6.07, 6.45) is 0.658. The zero-order valence-corrected chi connectivity index (χ0v) is 18.8. The van der Waals surface area contributed by atoms with Crippen LogP contribution >= 0.6 is 11.8 Å². The molecule has 1 aliphatic rings. The molecular weight excluding hydrogens is 432 g/mol. The van der Waals surface area contributed by atoms with Crippen LogP contribution in [0, 0.1) is 17.0 Å². The van der Waals surface area contributed by atoms with Gasteiger partial charge >= 0.3 is 0 Å². The Labute approximate surface area is 190 Å². The van der Waals surface area contributed by atoms with Crippen LogP contribution in [-0.4, -0.2) is 45.7 Å². The van der Waals surface area contributed by atoms with Gasteiger partial charge in [0, 0.05) is 25.1 Å². The molecule has 0 bridgehead atoms. The monoisotopic (exact) mass is 456 g/mol. The first-order valence-electron chi connectivity index (χ1n) is 10.1. The Balaban J connectivity index is 1.78. The van der Waals surface area contributed by atoms with Gasteiger partial charge in [0.25, 0.3) is 5.69 Å². The molecule has 1 atom stereocenters. The van der Waals surface area contributed by atoms with E-state index in [1.807, 2.05) is 38.1 Å². The Morgan fingerprint density at radius 1 is 1.31 bits per heavy atom. The molecule has 2 aromatic rings. The summed E-state index contributed by atoms with van der Waals surface area (Å²) in [6, 6.07) is 11.6. The number of amides is 2. The van der Waals surface area contributed by atoms with Gasteiger partial charge in [-0.2, -0.15) is 0 Å². The highest BCUT2D eigenvalue weighted by Gasteiger charge is 2.38. The second-order valence-corrected chi connectivity index (χ2v) is 8.34. The highest BCUT2D eigenvalue weighted by molar-refractivity contribution is 8.15. The molecule has 0 saturated carbocycles. The van der Waals surface area contributed by atoms with Crippen LogP contribution in [0.3, 0.4) is 0 Å². The van der Waals surface area contributed by atoms with Gasteiger partial charge < -0.3 is 10.1 Å². The number of hydrogen-bond donors (Lipinski definition) is 1. The minimum absolute atomic E-state index is 0.0949. The molecule has 0 aliphatic carbocycles. The van der Waals surface area contributed by atoms with E-state index in [0.717, 1.165) is 17.7 Å². The van der Waals surface area contributed by atoms with Gasteiger partial charge in [-0.05, 0) is 31.0 Å². The Morgan fingerprint density at radius 3 is 2.72 bits per heavy atom. The number of benzene rings is 2. The number of rotatable bonds is 8. The molecule has 3 rings (SSSR count). The molecule has 1 fully saturated rings. The molecule has 1 aliphatic heterocycles. The van der Waals surface area contributed by atoms with Crippen molar-refractivity contribution in [1.29, 1.82) is 0 Å². The van der Waals surface area contributed by atoms with Crippen molar-refractivity contribution in [1.82, 2.24) is 4.90 Å². The van der Waals surface area contributed by atoms with E-state index in [4.69, 9.17) is 4.74 Å². The van der Waals surface area contributed by atoms with Crippen LogP contribution in [0.1, 0.15) is 25.3 Å². The lowest BCUT2D eigenvalue weighted by Crippen LogP contribution is -2.34. The van der Waals surface area contributed by atoms with Gasteiger partial charge in [0.2, 0.25) is 11.8 Å². The highest BCUT2D eigenvalue weighted by Crippen LogP contribution is 2.34. The first kappa shape index (κ1) is 23.3. The van der Waals surface area contributed by atoms with Crippen molar-refractivity contribution in [2.45, 2.75) is 31.9 Å². The van der Waals surface area contributed by atoms with Crippen molar-refractivity contribution in [2.24, 2.45) is 4.99 Å². The minimum Gasteiger partial charge on any atom is -0.495 e. The third-order valence-corrected chi connectivity index (χ3v) is 6.01. The van der Waals surface area contributed by atoms with Gasteiger partial charge in [-0.3, -0.25) is 24.6 Å². The number of hydrogen-bond acceptors (Lipinski definition) is 7. The molecule has 1 saturated heterocycles. The molecule has 32 heavy (non-hydrogen) atoms. The fourth-order valence-electron chi connectivity index (χ4n) is 3.22. The summed E-state index contributed by atoms with van der Waals surface area (Å²) >= 11 is 1.25. The number of para-hydroxylation sites is 1. The highest BCUT2D eigenvalue weighted by atomic mass is 32.2. The maximum Gasteiger partial charge on any atom is 0.271 e. The first-order chi connectivity index (χ1) is 15.3. The Bertz CT molecular complexity index is 1070. The average molecular weight is 457 g/mol. The smallest absolute Gasteiger partial charge is 0.271 e. The SMILES string of the molecule is CCCN1C(=O)[C@H](CC(=O)Nc2cc([N+](=O)[O-])ccc2OC)SC1=Nc1ccccc1C. The largest absolute Gasteiger partial charge is 0.495 e. The maximum atomic E-state index is 13.0. The van der Waals surface area contributed by atoms with E-state index >= 15 is 0 Å².